The number of rotatable bonds is 7. The maximum absolute atomic E-state index is 12.1. The highest BCUT2D eigenvalue weighted by atomic mass is 16.5. The van der Waals surface area contributed by atoms with Crippen LogP contribution in [0, 0.1) is 6.92 Å². The highest BCUT2D eigenvalue weighted by Crippen LogP contribution is 2.23. The molecule has 3 aromatic rings. The van der Waals surface area contributed by atoms with E-state index in [1.807, 2.05) is 62.4 Å². The van der Waals surface area contributed by atoms with E-state index in [9.17, 15) is 4.79 Å². The Hall–Kier alpha value is -3.27. The van der Waals surface area contributed by atoms with Crippen molar-refractivity contribution in [3.63, 3.8) is 0 Å². The van der Waals surface area contributed by atoms with E-state index in [2.05, 4.69) is 36.5 Å². The van der Waals surface area contributed by atoms with Gasteiger partial charge in [0.1, 0.15) is 11.5 Å². The molecule has 0 aliphatic heterocycles. The van der Waals surface area contributed by atoms with Crippen molar-refractivity contribution < 1.29 is 14.3 Å². The van der Waals surface area contributed by atoms with Gasteiger partial charge in [-0.2, -0.15) is 0 Å². The van der Waals surface area contributed by atoms with E-state index >= 15 is 0 Å². The molecule has 0 spiro atoms. The van der Waals surface area contributed by atoms with Crippen LogP contribution in [0.5, 0.6) is 11.5 Å². The summed E-state index contributed by atoms with van der Waals surface area (Å²) < 4.78 is 11.2. The summed E-state index contributed by atoms with van der Waals surface area (Å²) in [6.45, 7) is 5.97. The highest BCUT2D eigenvalue weighted by molar-refractivity contribution is 5.91. The number of carbonyl (C=O) groups is 1. The molecule has 28 heavy (non-hydrogen) atoms. The van der Waals surface area contributed by atoms with Gasteiger partial charge in [0.2, 0.25) is 0 Å². The van der Waals surface area contributed by atoms with E-state index in [1.54, 1.807) is 0 Å². The lowest BCUT2D eigenvalue weighted by atomic mass is 10.0. The van der Waals surface area contributed by atoms with Crippen LogP contribution in [0.4, 0.5) is 5.69 Å². The van der Waals surface area contributed by atoms with Gasteiger partial charge in [-0.15, -0.1) is 0 Å². The number of hydrogen-bond donors (Lipinski definition) is 1. The number of nitrogens with one attached hydrogen (secondary N) is 1. The van der Waals surface area contributed by atoms with Gasteiger partial charge in [0.25, 0.3) is 5.91 Å². The van der Waals surface area contributed by atoms with Crippen molar-refractivity contribution in [3.05, 3.63) is 78.4 Å². The van der Waals surface area contributed by atoms with Gasteiger partial charge in [0.15, 0.2) is 6.61 Å². The molecule has 4 heteroatoms. The van der Waals surface area contributed by atoms with Crippen LogP contribution in [0.2, 0.25) is 0 Å². The molecule has 144 valence electrons. The Bertz CT molecular complexity index is 898. The van der Waals surface area contributed by atoms with Crippen LogP contribution in [0.1, 0.15) is 19.4 Å². The molecule has 0 heterocycles. The number of ether oxygens (including phenoxy) is 2. The smallest absolute Gasteiger partial charge is 0.262 e. The molecule has 0 atom stereocenters. The van der Waals surface area contributed by atoms with E-state index in [-0.39, 0.29) is 18.6 Å². The van der Waals surface area contributed by atoms with Crippen LogP contribution >= 0.6 is 0 Å². The molecular formula is C24H25NO3. The van der Waals surface area contributed by atoms with Crippen LogP contribution in [-0.2, 0) is 4.79 Å². The zero-order valence-corrected chi connectivity index (χ0v) is 16.4. The summed E-state index contributed by atoms with van der Waals surface area (Å²) in [5.74, 6) is 1.23. The van der Waals surface area contributed by atoms with Crippen LogP contribution < -0.4 is 14.8 Å². The van der Waals surface area contributed by atoms with E-state index < -0.39 is 0 Å². The summed E-state index contributed by atoms with van der Waals surface area (Å²) in [5.41, 5.74) is 4.21. The Kier molecular flexibility index (Phi) is 6.33. The van der Waals surface area contributed by atoms with Gasteiger partial charge in [-0.1, -0.05) is 42.0 Å². The summed E-state index contributed by atoms with van der Waals surface area (Å²) in [7, 11) is 0. The Labute approximate surface area is 166 Å². The second-order valence-corrected chi connectivity index (χ2v) is 6.92. The predicted molar refractivity (Wildman–Crippen MR) is 113 cm³/mol. The minimum Gasteiger partial charge on any atom is -0.491 e. The highest BCUT2D eigenvalue weighted by Gasteiger charge is 2.05. The normalized spacial score (nSPS) is 10.6. The second kappa shape index (κ2) is 9.09. The largest absolute Gasteiger partial charge is 0.491 e. The van der Waals surface area contributed by atoms with Crippen molar-refractivity contribution in [2.45, 2.75) is 26.9 Å². The minimum atomic E-state index is -0.208. The van der Waals surface area contributed by atoms with E-state index in [4.69, 9.17) is 9.47 Å². The quantitative estimate of drug-likeness (QED) is 0.596. The zero-order valence-electron chi connectivity index (χ0n) is 16.4. The van der Waals surface area contributed by atoms with Crippen molar-refractivity contribution in [1.29, 1.82) is 0 Å². The van der Waals surface area contributed by atoms with Gasteiger partial charge in [-0.3, -0.25) is 4.79 Å². The molecule has 0 fully saturated rings. The van der Waals surface area contributed by atoms with Crippen molar-refractivity contribution >= 4 is 11.6 Å². The van der Waals surface area contributed by atoms with Gasteiger partial charge in [-0.05, 0) is 68.3 Å². The Morgan fingerprint density at radius 3 is 1.93 bits per heavy atom. The fourth-order valence-corrected chi connectivity index (χ4v) is 2.72. The molecule has 0 aliphatic carbocycles. The summed E-state index contributed by atoms with van der Waals surface area (Å²) in [4.78, 5) is 12.1. The molecule has 3 rings (SSSR count). The molecule has 0 unspecified atom stereocenters. The first-order valence-electron chi connectivity index (χ1n) is 9.36. The lowest BCUT2D eigenvalue weighted by Crippen LogP contribution is -2.20. The van der Waals surface area contributed by atoms with Crippen molar-refractivity contribution in [3.8, 4) is 22.6 Å². The number of amides is 1. The molecule has 4 nitrogen and oxygen atoms in total. The number of benzene rings is 3. The number of hydrogen-bond acceptors (Lipinski definition) is 3. The predicted octanol–water partition coefficient (Wildman–Crippen LogP) is 5.47. The SMILES string of the molecule is Cc1ccc(-c2ccc(OCC(=O)Nc3ccc(OC(C)C)cc3)cc2)cc1. The fraction of sp³-hybridized carbons (Fsp3) is 0.208. The maximum atomic E-state index is 12.1. The summed E-state index contributed by atoms with van der Waals surface area (Å²) in [6.07, 6.45) is 0.117. The molecule has 0 saturated heterocycles. The van der Waals surface area contributed by atoms with Crippen LogP contribution in [0.3, 0.4) is 0 Å². The summed E-state index contributed by atoms with van der Waals surface area (Å²) >= 11 is 0. The summed E-state index contributed by atoms with van der Waals surface area (Å²) in [5, 5.41) is 2.82. The molecule has 0 saturated carbocycles. The fourth-order valence-electron chi connectivity index (χ4n) is 2.72. The van der Waals surface area contributed by atoms with E-state index in [0.717, 1.165) is 16.9 Å². The molecule has 0 radical (unpaired) electrons. The van der Waals surface area contributed by atoms with Gasteiger partial charge in [0.05, 0.1) is 6.10 Å². The molecule has 1 N–H and O–H groups in total. The lowest BCUT2D eigenvalue weighted by Gasteiger charge is -2.11. The van der Waals surface area contributed by atoms with E-state index in [1.165, 1.54) is 5.56 Å². The summed E-state index contributed by atoms with van der Waals surface area (Å²) in [6, 6.07) is 23.4. The van der Waals surface area contributed by atoms with Gasteiger partial charge < -0.3 is 14.8 Å². The van der Waals surface area contributed by atoms with Gasteiger partial charge >= 0.3 is 0 Å². The van der Waals surface area contributed by atoms with Gasteiger partial charge in [-0.25, -0.2) is 0 Å². The molecule has 0 aromatic heterocycles. The average Bonchev–Trinajstić information content (AvgIpc) is 2.69. The average molecular weight is 375 g/mol. The Balaban J connectivity index is 1.51. The topological polar surface area (TPSA) is 47.6 Å². The van der Waals surface area contributed by atoms with Crippen LogP contribution in [0.15, 0.2) is 72.8 Å². The molecule has 0 aliphatic rings. The first-order valence-corrected chi connectivity index (χ1v) is 9.36. The monoisotopic (exact) mass is 375 g/mol. The first kappa shape index (κ1) is 19.5. The molecule has 3 aromatic carbocycles. The standard InChI is InChI=1S/C24H25NO3/c1-17(2)28-23-14-10-21(11-15-23)25-24(26)16-27-22-12-8-20(9-13-22)19-6-4-18(3)5-7-19/h4-15,17H,16H2,1-3H3,(H,25,26). The molecular weight excluding hydrogens is 350 g/mol. The lowest BCUT2D eigenvalue weighted by molar-refractivity contribution is -0.118. The Morgan fingerprint density at radius 1 is 0.821 bits per heavy atom. The number of carbonyl (C=O) groups excluding carboxylic acids is 1. The van der Waals surface area contributed by atoms with Crippen molar-refractivity contribution in [2.24, 2.45) is 0 Å². The van der Waals surface area contributed by atoms with Crippen molar-refractivity contribution in [1.82, 2.24) is 0 Å². The third kappa shape index (κ3) is 5.61. The van der Waals surface area contributed by atoms with Gasteiger partial charge in [0, 0.05) is 5.69 Å². The molecule has 1 amide bonds. The van der Waals surface area contributed by atoms with Crippen molar-refractivity contribution in [2.75, 3.05) is 11.9 Å². The second-order valence-electron chi connectivity index (χ2n) is 6.92. The maximum Gasteiger partial charge on any atom is 0.262 e. The Morgan fingerprint density at radius 2 is 1.36 bits per heavy atom. The van der Waals surface area contributed by atoms with E-state index in [0.29, 0.717) is 11.4 Å². The minimum absolute atomic E-state index is 0.0475. The number of aryl methyl sites for hydroxylation is 1. The zero-order chi connectivity index (χ0) is 19.9. The van der Waals surface area contributed by atoms with Crippen LogP contribution in [0.25, 0.3) is 11.1 Å². The third-order valence-electron chi connectivity index (χ3n) is 4.12. The first-order chi connectivity index (χ1) is 13.5. The third-order valence-corrected chi connectivity index (χ3v) is 4.12. The molecule has 0 bridgehead atoms. The number of anilines is 1. The van der Waals surface area contributed by atoms with Crippen LogP contribution in [-0.4, -0.2) is 18.6 Å².